The van der Waals surface area contributed by atoms with Gasteiger partial charge in [0.05, 0.1) is 9.82 Å². The summed E-state index contributed by atoms with van der Waals surface area (Å²) in [6, 6.07) is 2.47. The number of carboxylic acid groups (broad SMARTS) is 1. The Morgan fingerprint density at radius 3 is 2.57 bits per heavy atom. The second-order valence-electron chi connectivity index (χ2n) is 4.93. The zero-order valence-electron chi connectivity index (χ0n) is 11.1. The van der Waals surface area contributed by atoms with Gasteiger partial charge < -0.3 is 5.11 Å². The molecule has 1 aliphatic rings. The van der Waals surface area contributed by atoms with Crippen molar-refractivity contribution in [1.82, 2.24) is 4.72 Å². The first-order chi connectivity index (χ1) is 9.74. The first-order valence-electron chi connectivity index (χ1n) is 6.23. The Hall–Kier alpha value is -2.00. The normalized spacial score (nSPS) is 16.4. The fraction of sp³-hybridized carbons (Fsp3) is 0.417. The second-order valence-corrected chi connectivity index (χ2v) is 6.61. The summed E-state index contributed by atoms with van der Waals surface area (Å²) in [5.74, 6) is -1.47. The van der Waals surface area contributed by atoms with Crippen molar-refractivity contribution in [3.05, 3.63) is 33.9 Å². The lowest BCUT2D eigenvalue weighted by atomic mass is 10.2. The molecule has 1 aromatic carbocycles. The van der Waals surface area contributed by atoms with Crippen LogP contribution in [0.4, 0.5) is 5.69 Å². The van der Waals surface area contributed by atoms with Crippen LogP contribution >= 0.6 is 0 Å². The average molecular weight is 314 g/mol. The Morgan fingerprint density at radius 2 is 2.10 bits per heavy atom. The van der Waals surface area contributed by atoms with E-state index in [1.54, 1.807) is 0 Å². The van der Waals surface area contributed by atoms with E-state index in [0.29, 0.717) is 12.8 Å². The molecule has 8 nitrogen and oxygen atoms in total. The number of nitrogens with zero attached hydrogens (tertiary/aromatic N) is 1. The van der Waals surface area contributed by atoms with E-state index in [0.717, 1.165) is 0 Å². The van der Waals surface area contributed by atoms with E-state index in [-0.39, 0.29) is 22.1 Å². The molecule has 0 saturated heterocycles. The van der Waals surface area contributed by atoms with Gasteiger partial charge in [-0.15, -0.1) is 0 Å². The predicted molar refractivity (Wildman–Crippen MR) is 72.3 cm³/mol. The first kappa shape index (κ1) is 15.4. The number of sulfonamides is 1. The van der Waals surface area contributed by atoms with Crippen LogP contribution in [0.3, 0.4) is 0 Å². The molecule has 0 heterocycles. The largest absolute Gasteiger partial charge is 0.480 e. The van der Waals surface area contributed by atoms with Gasteiger partial charge in [-0.1, -0.05) is 6.07 Å². The molecule has 21 heavy (non-hydrogen) atoms. The number of carboxylic acids is 1. The summed E-state index contributed by atoms with van der Waals surface area (Å²) >= 11 is 0. The molecule has 1 fully saturated rings. The quantitative estimate of drug-likeness (QED) is 0.596. The zero-order chi connectivity index (χ0) is 15.8. The molecule has 0 spiro atoms. The van der Waals surface area contributed by atoms with Crippen molar-refractivity contribution in [3.63, 3.8) is 0 Å². The highest BCUT2D eigenvalue weighted by Gasteiger charge is 2.39. The second kappa shape index (κ2) is 5.41. The molecule has 0 aromatic heterocycles. The number of hydrogen-bond donors (Lipinski definition) is 2. The fourth-order valence-corrected chi connectivity index (χ4v) is 3.62. The lowest BCUT2D eigenvalue weighted by Gasteiger charge is -2.15. The van der Waals surface area contributed by atoms with Crippen LogP contribution in [0.25, 0.3) is 0 Å². The number of hydrogen-bond acceptors (Lipinski definition) is 5. The van der Waals surface area contributed by atoms with E-state index in [2.05, 4.69) is 4.72 Å². The van der Waals surface area contributed by atoms with Crippen molar-refractivity contribution in [2.24, 2.45) is 5.92 Å². The molecular formula is C12H14N2O6S. The Bertz CT molecular complexity index is 696. The number of nitro benzene ring substituents is 1. The molecule has 1 atom stereocenters. The molecule has 9 heteroatoms. The van der Waals surface area contributed by atoms with Crippen molar-refractivity contribution >= 4 is 21.7 Å². The third kappa shape index (κ3) is 3.19. The molecule has 0 bridgehead atoms. The van der Waals surface area contributed by atoms with Crippen molar-refractivity contribution in [2.45, 2.75) is 30.7 Å². The third-order valence-corrected chi connectivity index (χ3v) is 4.97. The summed E-state index contributed by atoms with van der Waals surface area (Å²) in [5.41, 5.74) is -0.342. The van der Waals surface area contributed by atoms with E-state index >= 15 is 0 Å². The molecule has 1 saturated carbocycles. The monoisotopic (exact) mass is 314 g/mol. The first-order valence-corrected chi connectivity index (χ1v) is 7.71. The molecule has 0 aliphatic heterocycles. The topological polar surface area (TPSA) is 127 Å². The van der Waals surface area contributed by atoms with Gasteiger partial charge in [0.25, 0.3) is 5.69 Å². The van der Waals surface area contributed by atoms with Crippen molar-refractivity contribution < 1.29 is 23.2 Å². The molecule has 2 N–H and O–H groups in total. The van der Waals surface area contributed by atoms with Gasteiger partial charge in [-0.2, -0.15) is 4.72 Å². The molecule has 1 unspecified atom stereocenters. The highest BCUT2D eigenvalue weighted by molar-refractivity contribution is 7.89. The van der Waals surface area contributed by atoms with Gasteiger partial charge in [-0.3, -0.25) is 14.9 Å². The van der Waals surface area contributed by atoms with E-state index in [1.807, 2.05) is 0 Å². The van der Waals surface area contributed by atoms with E-state index in [4.69, 9.17) is 5.11 Å². The number of aliphatic carboxylic acids is 1. The minimum atomic E-state index is -4.13. The Kier molecular flexibility index (Phi) is 3.97. The van der Waals surface area contributed by atoms with Crippen LogP contribution in [0.1, 0.15) is 18.4 Å². The van der Waals surface area contributed by atoms with Crippen molar-refractivity contribution in [3.8, 4) is 0 Å². The molecule has 0 amide bonds. The van der Waals surface area contributed by atoms with Crippen LogP contribution in [-0.2, 0) is 14.8 Å². The summed E-state index contributed by atoms with van der Waals surface area (Å²) in [7, 11) is -4.13. The number of nitro groups is 1. The summed E-state index contributed by atoms with van der Waals surface area (Å²) in [6.07, 6.45) is 1.29. The molecule has 114 valence electrons. The fourth-order valence-electron chi connectivity index (χ4n) is 2.10. The Morgan fingerprint density at radius 1 is 1.48 bits per heavy atom. The molecule has 1 aliphatic carbocycles. The van der Waals surface area contributed by atoms with Gasteiger partial charge in [0.1, 0.15) is 6.04 Å². The van der Waals surface area contributed by atoms with Crippen molar-refractivity contribution in [1.29, 1.82) is 0 Å². The number of benzene rings is 1. The van der Waals surface area contributed by atoms with Gasteiger partial charge in [-0.05, 0) is 31.7 Å². The van der Waals surface area contributed by atoms with Gasteiger partial charge in [0.2, 0.25) is 10.0 Å². The van der Waals surface area contributed by atoms with Gasteiger partial charge in [0, 0.05) is 11.6 Å². The maximum absolute atomic E-state index is 12.3. The molecular weight excluding hydrogens is 300 g/mol. The zero-order valence-corrected chi connectivity index (χ0v) is 12.0. The van der Waals surface area contributed by atoms with Crippen LogP contribution < -0.4 is 4.72 Å². The summed E-state index contributed by atoms with van der Waals surface area (Å²) in [5, 5.41) is 19.9. The SMILES string of the molecule is Cc1c([N+](=O)[O-])cccc1S(=O)(=O)NC(C(=O)O)C1CC1. The van der Waals surface area contributed by atoms with Crippen LogP contribution in [0.15, 0.2) is 23.1 Å². The number of carbonyl (C=O) groups is 1. The maximum Gasteiger partial charge on any atom is 0.322 e. The van der Waals surface area contributed by atoms with Crippen LogP contribution in [0, 0.1) is 23.0 Å². The molecule has 2 rings (SSSR count). The number of nitrogens with one attached hydrogen (secondary N) is 1. The van der Waals surface area contributed by atoms with Crippen LogP contribution in [0.5, 0.6) is 0 Å². The smallest absolute Gasteiger partial charge is 0.322 e. The van der Waals surface area contributed by atoms with Gasteiger partial charge in [-0.25, -0.2) is 8.42 Å². The molecule has 1 aromatic rings. The average Bonchev–Trinajstić information content (AvgIpc) is 3.19. The van der Waals surface area contributed by atoms with Crippen LogP contribution in [0.2, 0.25) is 0 Å². The summed E-state index contributed by atoms with van der Waals surface area (Å²) < 4.78 is 26.7. The molecule has 0 radical (unpaired) electrons. The van der Waals surface area contributed by atoms with Crippen LogP contribution in [-0.4, -0.2) is 30.5 Å². The third-order valence-electron chi connectivity index (χ3n) is 3.38. The maximum atomic E-state index is 12.3. The Balaban J connectivity index is 2.38. The summed E-state index contributed by atoms with van der Waals surface area (Å²) in [4.78, 5) is 21.0. The van der Waals surface area contributed by atoms with Gasteiger partial charge in [0.15, 0.2) is 0 Å². The lowest BCUT2D eigenvalue weighted by Crippen LogP contribution is -2.42. The predicted octanol–water partition coefficient (Wildman–Crippen LogP) is 1.04. The number of rotatable bonds is 6. The lowest BCUT2D eigenvalue weighted by molar-refractivity contribution is -0.385. The van der Waals surface area contributed by atoms with Crippen molar-refractivity contribution in [2.75, 3.05) is 0 Å². The minimum absolute atomic E-state index is 0.0186. The Labute approximate surface area is 121 Å². The van der Waals surface area contributed by atoms with E-state index in [1.165, 1.54) is 25.1 Å². The van der Waals surface area contributed by atoms with E-state index in [9.17, 15) is 23.3 Å². The highest BCUT2D eigenvalue weighted by atomic mass is 32.2. The summed E-state index contributed by atoms with van der Waals surface area (Å²) in [6.45, 7) is 1.32. The van der Waals surface area contributed by atoms with Gasteiger partial charge >= 0.3 is 5.97 Å². The minimum Gasteiger partial charge on any atom is -0.480 e. The highest BCUT2D eigenvalue weighted by Crippen LogP contribution is 2.34. The standard InChI is InChI=1S/C12H14N2O6S/c1-7-9(14(17)18)3-2-4-10(7)21(19,20)13-11(12(15)16)8-5-6-8/h2-4,8,11,13H,5-6H2,1H3,(H,15,16). The van der Waals surface area contributed by atoms with E-state index < -0.39 is 27.0 Å².